The number of fused-ring (bicyclic) bond motifs is 13. The predicted molar refractivity (Wildman–Crippen MR) is 222 cm³/mol. The molecule has 2 aliphatic rings. The Kier molecular flexibility index (Phi) is 6.23. The molecule has 1 aliphatic carbocycles. The SMILES string of the molecule is c1ccc2c(c1)Oc1ccccc1C21c2ccccc2-c2cccc(-c3nc(-c4ccc(-n5c6ccccc6c6ccccc65)cc4)nc4ccccc34)c21. The Morgan fingerprint density at radius 1 is 0.418 bits per heavy atom. The highest BCUT2D eigenvalue weighted by molar-refractivity contribution is 6.09. The van der Waals surface area contributed by atoms with Crippen molar-refractivity contribution >= 4 is 32.7 Å². The quantitative estimate of drug-likeness (QED) is 0.184. The highest BCUT2D eigenvalue weighted by Gasteiger charge is 2.52. The van der Waals surface area contributed by atoms with Gasteiger partial charge in [0.05, 0.1) is 27.7 Å². The number of hydrogen-bond donors (Lipinski definition) is 0. The van der Waals surface area contributed by atoms with Gasteiger partial charge in [-0.05, 0) is 76.9 Å². The van der Waals surface area contributed by atoms with Crippen molar-refractivity contribution in [3.8, 4) is 51.0 Å². The van der Waals surface area contributed by atoms with Gasteiger partial charge in [0.1, 0.15) is 11.5 Å². The summed E-state index contributed by atoms with van der Waals surface area (Å²) in [5.41, 5.74) is 13.9. The van der Waals surface area contributed by atoms with Crippen molar-refractivity contribution in [3.05, 3.63) is 210 Å². The molecule has 0 saturated carbocycles. The summed E-state index contributed by atoms with van der Waals surface area (Å²) in [6.07, 6.45) is 0. The van der Waals surface area contributed by atoms with Crippen LogP contribution in [-0.2, 0) is 5.41 Å². The maximum absolute atomic E-state index is 6.64. The maximum atomic E-state index is 6.64. The lowest BCUT2D eigenvalue weighted by Gasteiger charge is -2.40. The molecule has 0 unspecified atom stereocenters. The summed E-state index contributed by atoms with van der Waals surface area (Å²) in [7, 11) is 0. The van der Waals surface area contributed by atoms with E-state index in [0.717, 1.165) is 56.0 Å². The first-order valence-electron chi connectivity index (χ1n) is 18.8. The van der Waals surface area contributed by atoms with Crippen LogP contribution in [0.1, 0.15) is 22.3 Å². The van der Waals surface area contributed by atoms with Gasteiger partial charge in [-0.15, -0.1) is 0 Å². The van der Waals surface area contributed by atoms with Crippen LogP contribution in [0.2, 0.25) is 0 Å². The van der Waals surface area contributed by atoms with E-state index >= 15 is 0 Å². The van der Waals surface area contributed by atoms with Crippen LogP contribution in [0.3, 0.4) is 0 Å². The molecule has 12 rings (SSSR count). The third-order valence-electron chi connectivity index (χ3n) is 11.7. The molecule has 4 nitrogen and oxygen atoms in total. The lowest BCUT2D eigenvalue weighted by atomic mass is 9.65. The van der Waals surface area contributed by atoms with Crippen molar-refractivity contribution in [2.75, 3.05) is 0 Å². The molecule has 0 N–H and O–H groups in total. The minimum Gasteiger partial charge on any atom is -0.457 e. The van der Waals surface area contributed by atoms with E-state index in [1.807, 2.05) is 0 Å². The molecule has 0 fully saturated rings. The second-order valence-corrected chi connectivity index (χ2v) is 14.4. The molecule has 0 saturated heterocycles. The second-order valence-electron chi connectivity index (χ2n) is 14.4. The van der Waals surface area contributed by atoms with Crippen LogP contribution in [0, 0.1) is 0 Å². The molecule has 10 aromatic rings. The summed E-state index contributed by atoms with van der Waals surface area (Å²) in [5, 5.41) is 3.51. The van der Waals surface area contributed by atoms with E-state index in [4.69, 9.17) is 14.7 Å². The number of para-hydroxylation sites is 5. The molecule has 0 amide bonds. The number of hydrogen-bond acceptors (Lipinski definition) is 3. The van der Waals surface area contributed by atoms with Gasteiger partial charge in [0.15, 0.2) is 5.82 Å². The molecule has 8 aromatic carbocycles. The number of nitrogens with zero attached hydrogens (tertiary/aromatic N) is 3. The fourth-order valence-electron chi connectivity index (χ4n) is 9.48. The summed E-state index contributed by atoms with van der Waals surface area (Å²) >= 11 is 0. The lowest BCUT2D eigenvalue weighted by Crippen LogP contribution is -2.32. The molecule has 0 radical (unpaired) electrons. The van der Waals surface area contributed by atoms with Crippen LogP contribution < -0.4 is 4.74 Å². The van der Waals surface area contributed by atoms with Crippen LogP contribution >= 0.6 is 0 Å². The molecule has 1 spiro atoms. The fourth-order valence-corrected chi connectivity index (χ4v) is 9.48. The van der Waals surface area contributed by atoms with Crippen LogP contribution in [0.25, 0.3) is 72.2 Å². The number of aromatic nitrogens is 3. The summed E-state index contributed by atoms with van der Waals surface area (Å²) < 4.78 is 8.99. The Labute approximate surface area is 317 Å². The van der Waals surface area contributed by atoms with Gasteiger partial charge in [-0.25, -0.2) is 9.97 Å². The maximum Gasteiger partial charge on any atom is 0.160 e. The van der Waals surface area contributed by atoms with E-state index < -0.39 is 5.41 Å². The lowest BCUT2D eigenvalue weighted by molar-refractivity contribution is 0.436. The summed E-state index contributed by atoms with van der Waals surface area (Å²) in [6, 6.07) is 66.9. The van der Waals surface area contributed by atoms with Gasteiger partial charge in [-0.2, -0.15) is 0 Å². The number of benzene rings is 8. The van der Waals surface area contributed by atoms with Gasteiger partial charge in [0, 0.05) is 44.1 Å². The van der Waals surface area contributed by atoms with Crippen LogP contribution in [0.15, 0.2) is 188 Å². The highest BCUT2D eigenvalue weighted by Crippen LogP contribution is 2.63. The molecule has 55 heavy (non-hydrogen) atoms. The summed E-state index contributed by atoms with van der Waals surface area (Å²) in [6.45, 7) is 0. The molecule has 1 aliphatic heterocycles. The van der Waals surface area contributed by atoms with Crippen molar-refractivity contribution in [2.24, 2.45) is 0 Å². The van der Waals surface area contributed by atoms with Gasteiger partial charge in [0.25, 0.3) is 0 Å². The zero-order valence-electron chi connectivity index (χ0n) is 29.6. The Morgan fingerprint density at radius 2 is 0.964 bits per heavy atom. The van der Waals surface area contributed by atoms with Crippen molar-refractivity contribution in [1.82, 2.24) is 14.5 Å². The van der Waals surface area contributed by atoms with E-state index in [2.05, 4.69) is 193 Å². The topological polar surface area (TPSA) is 39.9 Å². The minimum atomic E-state index is -0.621. The van der Waals surface area contributed by atoms with Crippen molar-refractivity contribution in [3.63, 3.8) is 0 Å². The molecule has 2 aromatic heterocycles. The molecule has 0 bridgehead atoms. The zero-order valence-corrected chi connectivity index (χ0v) is 29.6. The average Bonchev–Trinajstić information content (AvgIpc) is 3.75. The fraction of sp³-hybridized carbons (Fsp3) is 0.0196. The third-order valence-corrected chi connectivity index (χ3v) is 11.7. The molecule has 4 heteroatoms. The zero-order chi connectivity index (χ0) is 36.1. The Morgan fingerprint density at radius 3 is 1.67 bits per heavy atom. The third kappa shape index (κ3) is 4.11. The summed E-state index contributed by atoms with van der Waals surface area (Å²) in [4.78, 5) is 10.7. The first-order chi connectivity index (χ1) is 27.3. The number of ether oxygens (including phenoxy) is 1. The van der Waals surface area contributed by atoms with Gasteiger partial charge in [-0.1, -0.05) is 133 Å². The molecular weight excluding hydrogens is 671 g/mol. The predicted octanol–water partition coefficient (Wildman–Crippen LogP) is 12.5. The van der Waals surface area contributed by atoms with Crippen LogP contribution in [0.5, 0.6) is 11.5 Å². The average molecular weight is 702 g/mol. The second kappa shape index (κ2) is 11.3. The standard InChI is InChI=1S/C51H31N3O/c1-5-20-40-34(14-1)37-18-13-19-39(48(37)51(40)41-21-6-11-26-46(41)55-47-27-12-7-22-42(47)51)49-38-17-2-8-23-43(38)52-50(53-49)32-28-30-33(31-29-32)54-44-24-9-3-15-35(44)36-16-4-10-25-45(36)54/h1-31H. The number of rotatable bonds is 3. The minimum absolute atomic E-state index is 0.621. The first kappa shape index (κ1) is 30.2. The van der Waals surface area contributed by atoms with Gasteiger partial charge < -0.3 is 9.30 Å². The van der Waals surface area contributed by atoms with Crippen molar-refractivity contribution in [2.45, 2.75) is 5.41 Å². The Bertz CT molecular complexity index is 3090. The largest absolute Gasteiger partial charge is 0.457 e. The normalized spacial score (nSPS) is 13.4. The summed E-state index contributed by atoms with van der Waals surface area (Å²) in [5.74, 6) is 2.43. The molecule has 3 heterocycles. The van der Waals surface area contributed by atoms with Crippen LogP contribution in [-0.4, -0.2) is 14.5 Å². The van der Waals surface area contributed by atoms with E-state index in [-0.39, 0.29) is 0 Å². The van der Waals surface area contributed by atoms with Crippen molar-refractivity contribution in [1.29, 1.82) is 0 Å². The first-order valence-corrected chi connectivity index (χ1v) is 18.8. The van der Waals surface area contributed by atoms with Gasteiger partial charge >= 0.3 is 0 Å². The Hall–Kier alpha value is -7.30. The van der Waals surface area contributed by atoms with Gasteiger partial charge in [-0.3, -0.25) is 0 Å². The van der Waals surface area contributed by atoms with Crippen molar-refractivity contribution < 1.29 is 4.74 Å². The highest BCUT2D eigenvalue weighted by atomic mass is 16.5. The van der Waals surface area contributed by atoms with Crippen LogP contribution in [0.4, 0.5) is 0 Å². The van der Waals surface area contributed by atoms with E-state index in [0.29, 0.717) is 5.82 Å². The molecule has 0 atom stereocenters. The molecule has 256 valence electrons. The smallest absolute Gasteiger partial charge is 0.160 e. The Balaban J connectivity index is 1.10. The molecular formula is C51H31N3O. The van der Waals surface area contributed by atoms with Gasteiger partial charge in [0.2, 0.25) is 0 Å². The van der Waals surface area contributed by atoms with E-state index in [1.165, 1.54) is 44.1 Å². The van der Waals surface area contributed by atoms with E-state index in [1.54, 1.807) is 0 Å². The van der Waals surface area contributed by atoms with E-state index in [9.17, 15) is 0 Å². The monoisotopic (exact) mass is 701 g/mol.